The summed E-state index contributed by atoms with van der Waals surface area (Å²) >= 11 is 1.49. The Morgan fingerprint density at radius 2 is 2.13 bits per heavy atom. The minimum atomic E-state index is -0.324. The third-order valence-corrected chi connectivity index (χ3v) is 4.08. The average Bonchev–Trinajstić information content (AvgIpc) is 3.21. The van der Waals surface area contributed by atoms with Crippen molar-refractivity contribution in [3.05, 3.63) is 63.6 Å². The van der Waals surface area contributed by atoms with Crippen LogP contribution in [-0.2, 0) is 6.42 Å². The number of aromatic amines is 1. The first-order valence-electron chi connectivity index (χ1n) is 6.72. The molecule has 3 rings (SSSR count). The van der Waals surface area contributed by atoms with Crippen LogP contribution in [0.3, 0.4) is 0 Å². The predicted molar refractivity (Wildman–Crippen MR) is 87.1 cm³/mol. The third kappa shape index (κ3) is 3.61. The maximum atomic E-state index is 12.1. The highest BCUT2D eigenvalue weighted by atomic mass is 32.1. The molecule has 3 aromatic rings. The molecule has 8 heteroatoms. The molecule has 0 aliphatic carbocycles. The summed E-state index contributed by atoms with van der Waals surface area (Å²) in [7, 11) is 0. The Labute approximate surface area is 135 Å². The minimum Gasteiger partial charge on any atom is -0.504 e. The number of nitrogens with two attached hydrogens (primary N) is 1. The number of rotatable bonds is 5. The highest BCUT2D eigenvalue weighted by Crippen LogP contribution is 2.20. The normalized spacial score (nSPS) is 11.6. The molecule has 0 fully saturated rings. The van der Waals surface area contributed by atoms with Gasteiger partial charge in [0.1, 0.15) is 0 Å². The molecule has 0 aliphatic heterocycles. The number of aliphatic hydroxyl groups excluding tert-OH is 1. The van der Waals surface area contributed by atoms with Crippen LogP contribution in [0.5, 0.6) is 0 Å². The Balaban J connectivity index is 1.72. The maximum absolute atomic E-state index is 12.1. The number of aromatic nitrogens is 4. The predicted octanol–water partition coefficient (Wildman–Crippen LogP) is 2.22. The summed E-state index contributed by atoms with van der Waals surface area (Å²) in [5.41, 5.74) is 8.01. The number of allylic oxidation sites excluding steroid dienone is 1. The van der Waals surface area contributed by atoms with Crippen LogP contribution < -0.4 is 5.73 Å². The Kier molecular flexibility index (Phi) is 4.15. The summed E-state index contributed by atoms with van der Waals surface area (Å²) in [4.78, 5) is 13.2. The summed E-state index contributed by atoms with van der Waals surface area (Å²) in [5, 5.41) is 24.3. The molecule has 23 heavy (non-hydrogen) atoms. The molecule has 4 N–H and O–H groups in total. The van der Waals surface area contributed by atoms with E-state index in [0.717, 1.165) is 28.6 Å². The lowest BCUT2D eigenvalue weighted by Gasteiger charge is -1.99. The third-order valence-electron chi connectivity index (χ3n) is 3.14. The molecule has 116 valence electrons. The van der Waals surface area contributed by atoms with Gasteiger partial charge < -0.3 is 10.8 Å². The zero-order valence-electron chi connectivity index (χ0n) is 11.9. The number of carbonyl (C=O) groups is 1. The summed E-state index contributed by atoms with van der Waals surface area (Å²) in [6, 6.07) is 9.42. The van der Waals surface area contributed by atoms with E-state index in [4.69, 9.17) is 5.73 Å². The Morgan fingerprint density at radius 3 is 2.83 bits per heavy atom. The van der Waals surface area contributed by atoms with Crippen LogP contribution >= 0.6 is 11.3 Å². The van der Waals surface area contributed by atoms with Crippen molar-refractivity contribution in [2.24, 2.45) is 0 Å². The van der Waals surface area contributed by atoms with E-state index in [9.17, 15) is 9.90 Å². The van der Waals surface area contributed by atoms with Crippen molar-refractivity contribution in [3.8, 4) is 0 Å². The molecule has 0 unspecified atom stereocenters. The van der Waals surface area contributed by atoms with Crippen molar-refractivity contribution < 1.29 is 9.90 Å². The Morgan fingerprint density at radius 1 is 1.35 bits per heavy atom. The van der Waals surface area contributed by atoms with Crippen molar-refractivity contribution in [1.29, 1.82) is 0 Å². The number of ketones is 1. The molecule has 0 saturated heterocycles. The molecule has 1 aromatic carbocycles. The summed E-state index contributed by atoms with van der Waals surface area (Å²) < 4.78 is 0. The average molecular weight is 327 g/mol. The first-order valence-corrected chi connectivity index (χ1v) is 7.60. The minimum absolute atomic E-state index is 0.0179. The molecule has 7 nitrogen and oxygen atoms in total. The van der Waals surface area contributed by atoms with Crippen LogP contribution in [0.4, 0.5) is 5.69 Å². The number of hydrogen-bond acceptors (Lipinski definition) is 7. The Hall–Kier alpha value is -3.00. The number of hydrogen-bond donors (Lipinski definition) is 3. The topological polar surface area (TPSA) is 118 Å². The van der Waals surface area contributed by atoms with Crippen LogP contribution in [0.2, 0.25) is 0 Å². The number of thiophene rings is 1. The van der Waals surface area contributed by atoms with Crippen molar-refractivity contribution in [3.63, 3.8) is 0 Å². The number of H-pyrrole nitrogens is 1. The largest absolute Gasteiger partial charge is 0.504 e. The van der Waals surface area contributed by atoms with E-state index >= 15 is 0 Å². The summed E-state index contributed by atoms with van der Waals surface area (Å²) in [6.07, 6.45) is 1.80. The molecule has 0 amide bonds. The van der Waals surface area contributed by atoms with Crippen LogP contribution in [0.15, 0.2) is 41.8 Å². The van der Waals surface area contributed by atoms with E-state index < -0.39 is 0 Å². The number of aliphatic hydroxyl groups is 1. The molecule has 0 atom stereocenters. The Bertz CT molecular complexity index is 837. The lowest BCUT2D eigenvalue weighted by atomic mass is 10.1. The molecule has 0 aliphatic rings. The van der Waals surface area contributed by atoms with Crippen LogP contribution in [0.25, 0.3) is 5.76 Å². The molecule has 2 heterocycles. The molecule has 0 bridgehead atoms. The van der Waals surface area contributed by atoms with E-state index in [1.165, 1.54) is 11.3 Å². The monoisotopic (exact) mass is 327 g/mol. The second-order valence-corrected chi connectivity index (χ2v) is 5.85. The van der Waals surface area contributed by atoms with E-state index in [1.54, 1.807) is 5.38 Å². The zero-order chi connectivity index (χ0) is 16.2. The van der Waals surface area contributed by atoms with Gasteiger partial charge >= 0.3 is 0 Å². The number of nitrogens with one attached hydrogen (secondary N) is 1. The molecule has 0 spiro atoms. The number of benzene rings is 1. The van der Waals surface area contributed by atoms with Gasteiger partial charge in [0, 0.05) is 34.0 Å². The van der Waals surface area contributed by atoms with Crippen molar-refractivity contribution in [2.45, 2.75) is 6.42 Å². The van der Waals surface area contributed by atoms with E-state index in [0.29, 0.717) is 5.56 Å². The van der Waals surface area contributed by atoms with Gasteiger partial charge in [-0.2, -0.15) is 5.21 Å². The van der Waals surface area contributed by atoms with Gasteiger partial charge in [0.15, 0.2) is 11.5 Å². The maximum Gasteiger partial charge on any atom is 0.239 e. The van der Waals surface area contributed by atoms with Crippen LogP contribution in [-0.4, -0.2) is 31.5 Å². The second-order valence-electron chi connectivity index (χ2n) is 4.85. The fraction of sp³-hybridized carbons (Fsp3) is 0.0667. The SMILES string of the molecule is Nc1ccc(Cc2cc(C(=O)C=C(O)c3nn[nH]n3)cs2)cc1. The van der Waals surface area contributed by atoms with Crippen molar-refractivity contribution in [2.75, 3.05) is 5.73 Å². The fourth-order valence-corrected chi connectivity index (χ4v) is 2.89. The molecular formula is C15H13N5O2S. The first-order chi connectivity index (χ1) is 11.1. The highest BCUT2D eigenvalue weighted by Gasteiger charge is 2.11. The van der Waals surface area contributed by atoms with Gasteiger partial charge in [-0.05, 0) is 29.0 Å². The number of anilines is 1. The number of carbonyl (C=O) groups excluding carboxylic acids is 1. The number of tetrazole rings is 1. The zero-order valence-corrected chi connectivity index (χ0v) is 12.7. The number of nitrogen functional groups attached to an aromatic ring is 1. The summed E-state index contributed by atoms with van der Waals surface area (Å²) in [5.74, 6) is -0.655. The molecular weight excluding hydrogens is 314 g/mol. The lowest BCUT2D eigenvalue weighted by molar-refractivity contribution is 0.104. The van der Waals surface area contributed by atoms with E-state index in [2.05, 4.69) is 20.6 Å². The lowest BCUT2D eigenvalue weighted by Crippen LogP contribution is -1.96. The van der Waals surface area contributed by atoms with Gasteiger partial charge in [-0.25, -0.2) is 0 Å². The quantitative estimate of drug-likeness (QED) is 0.286. The van der Waals surface area contributed by atoms with Gasteiger partial charge in [0.05, 0.1) is 0 Å². The molecule has 0 radical (unpaired) electrons. The molecule has 2 aromatic heterocycles. The standard InChI is InChI=1S/C15H13N5O2S/c16-11-3-1-9(2-4-11)5-12-6-10(8-23-12)13(21)7-14(22)15-17-19-20-18-15/h1-4,6-8,22H,5,16H2,(H,17,18,19,20). The van der Waals surface area contributed by atoms with Crippen LogP contribution in [0, 0.1) is 0 Å². The molecule has 0 saturated carbocycles. The van der Waals surface area contributed by atoms with Gasteiger partial charge in [0.2, 0.25) is 5.82 Å². The number of nitrogens with zero attached hydrogens (tertiary/aromatic N) is 3. The first kappa shape index (κ1) is 14.9. The van der Waals surface area contributed by atoms with Crippen LogP contribution in [0.1, 0.15) is 26.6 Å². The smallest absolute Gasteiger partial charge is 0.239 e. The summed E-state index contributed by atoms with van der Waals surface area (Å²) in [6.45, 7) is 0. The van der Waals surface area contributed by atoms with E-state index in [-0.39, 0.29) is 17.4 Å². The van der Waals surface area contributed by atoms with E-state index in [1.807, 2.05) is 30.3 Å². The van der Waals surface area contributed by atoms with Crippen molar-refractivity contribution >= 4 is 28.6 Å². The van der Waals surface area contributed by atoms with Gasteiger partial charge in [-0.15, -0.1) is 21.5 Å². The second kappa shape index (κ2) is 6.41. The van der Waals surface area contributed by atoms with Gasteiger partial charge in [-0.3, -0.25) is 4.79 Å². The van der Waals surface area contributed by atoms with Crippen molar-refractivity contribution in [1.82, 2.24) is 20.6 Å². The highest BCUT2D eigenvalue weighted by molar-refractivity contribution is 7.10. The van der Waals surface area contributed by atoms with Gasteiger partial charge in [-0.1, -0.05) is 12.1 Å². The van der Waals surface area contributed by atoms with Gasteiger partial charge in [0.25, 0.3) is 0 Å². The fourth-order valence-electron chi connectivity index (χ4n) is 1.98.